The summed E-state index contributed by atoms with van der Waals surface area (Å²) in [7, 11) is 4.04. The summed E-state index contributed by atoms with van der Waals surface area (Å²) in [5.41, 5.74) is 0.817. The van der Waals surface area contributed by atoms with E-state index in [0.29, 0.717) is 18.0 Å². The maximum atomic E-state index is 12.5. The largest absolute Gasteiger partial charge is 0.337 e. The highest BCUT2D eigenvalue weighted by molar-refractivity contribution is 6.30. The van der Waals surface area contributed by atoms with E-state index in [9.17, 15) is 9.59 Å². The van der Waals surface area contributed by atoms with E-state index in [2.05, 4.69) is 12.4 Å². The lowest BCUT2D eigenvalue weighted by atomic mass is 10.0. The molecule has 0 spiro atoms. The van der Waals surface area contributed by atoms with E-state index in [4.69, 9.17) is 11.6 Å². The number of nitrogens with one attached hydrogen (secondary N) is 2. The Morgan fingerprint density at radius 1 is 1.28 bits per heavy atom. The van der Waals surface area contributed by atoms with E-state index in [-0.39, 0.29) is 24.0 Å². The molecule has 1 aromatic carbocycles. The molecule has 0 unspecified atom stereocenters. The van der Waals surface area contributed by atoms with Gasteiger partial charge in [-0.1, -0.05) is 11.6 Å². The Morgan fingerprint density at radius 2 is 1.92 bits per heavy atom. The van der Waals surface area contributed by atoms with Gasteiger partial charge in [-0.25, -0.2) is 4.79 Å². The van der Waals surface area contributed by atoms with Crippen molar-refractivity contribution in [3.05, 3.63) is 29.3 Å². The Hall–Kier alpha value is -1.79. The standard InChI is InChI=1S/C18H25ClN4O2/c1-21-9-7-15(8-10-21)22(2)18(25)20-14-11-17(24)23(12-14)16-5-3-13(19)4-6-16/h3-6,14-15H,7-12H2,1-2H3,(H,20,25)/p+1/t14-/m0/s1. The van der Waals surface area contributed by atoms with E-state index in [1.165, 1.54) is 4.90 Å². The Labute approximate surface area is 153 Å². The van der Waals surface area contributed by atoms with Gasteiger partial charge in [-0.3, -0.25) is 4.79 Å². The van der Waals surface area contributed by atoms with Crippen molar-refractivity contribution in [3.8, 4) is 0 Å². The maximum absolute atomic E-state index is 12.5. The summed E-state index contributed by atoms with van der Waals surface area (Å²) in [6.07, 6.45) is 2.38. The number of halogens is 1. The number of nitrogens with zero attached hydrogens (tertiary/aromatic N) is 2. The Kier molecular flexibility index (Phi) is 5.49. The van der Waals surface area contributed by atoms with Crippen LogP contribution in [0.5, 0.6) is 0 Å². The van der Waals surface area contributed by atoms with Crippen molar-refractivity contribution < 1.29 is 14.5 Å². The molecule has 3 amide bonds. The Balaban J connectivity index is 1.55. The fourth-order valence-corrected chi connectivity index (χ4v) is 3.73. The van der Waals surface area contributed by atoms with Crippen LogP contribution in [0.1, 0.15) is 19.3 Å². The van der Waals surface area contributed by atoms with Crippen LogP contribution in [-0.4, -0.2) is 62.7 Å². The molecule has 136 valence electrons. The minimum Gasteiger partial charge on any atom is -0.337 e. The molecule has 3 rings (SSSR count). The third-order valence-electron chi connectivity index (χ3n) is 5.27. The number of carbonyl (C=O) groups excluding carboxylic acids is 2. The van der Waals surface area contributed by atoms with Crippen LogP contribution in [0.4, 0.5) is 10.5 Å². The van der Waals surface area contributed by atoms with Crippen molar-refractivity contribution in [2.24, 2.45) is 0 Å². The zero-order valence-electron chi connectivity index (χ0n) is 14.8. The first kappa shape index (κ1) is 18.0. The molecule has 2 aliphatic rings. The van der Waals surface area contributed by atoms with Gasteiger partial charge in [0.1, 0.15) is 0 Å². The number of likely N-dealkylation sites (tertiary alicyclic amines) is 1. The third kappa shape index (κ3) is 4.25. The number of anilines is 1. The smallest absolute Gasteiger partial charge is 0.317 e. The summed E-state index contributed by atoms with van der Waals surface area (Å²) >= 11 is 5.90. The fraction of sp³-hybridized carbons (Fsp3) is 0.556. The predicted molar refractivity (Wildman–Crippen MR) is 98.1 cm³/mol. The average Bonchev–Trinajstić information content (AvgIpc) is 2.96. The molecule has 2 N–H and O–H groups in total. The molecule has 1 aromatic rings. The highest BCUT2D eigenvalue weighted by Crippen LogP contribution is 2.23. The minimum atomic E-state index is -0.157. The van der Waals surface area contributed by atoms with Gasteiger partial charge < -0.3 is 20.0 Å². The molecular weight excluding hydrogens is 340 g/mol. The molecule has 2 aliphatic heterocycles. The molecule has 2 heterocycles. The molecule has 0 radical (unpaired) electrons. The molecule has 2 fully saturated rings. The van der Waals surface area contributed by atoms with Crippen LogP contribution >= 0.6 is 11.6 Å². The van der Waals surface area contributed by atoms with Crippen LogP contribution in [0.15, 0.2) is 24.3 Å². The van der Waals surface area contributed by atoms with Crippen molar-refractivity contribution in [1.29, 1.82) is 0 Å². The number of urea groups is 1. The van der Waals surface area contributed by atoms with Crippen molar-refractivity contribution in [2.75, 3.05) is 38.6 Å². The zero-order chi connectivity index (χ0) is 18.0. The molecule has 0 saturated carbocycles. The quantitative estimate of drug-likeness (QED) is 0.831. The molecule has 0 bridgehead atoms. The summed E-state index contributed by atoms with van der Waals surface area (Å²) in [4.78, 5) is 29.9. The SMILES string of the molecule is CN(C(=O)N[C@H]1CC(=O)N(c2ccc(Cl)cc2)C1)C1CC[NH+](C)CC1. The van der Waals surface area contributed by atoms with Gasteiger partial charge in [-0.15, -0.1) is 0 Å². The molecule has 0 aromatic heterocycles. The molecular formula is C18H26ClN4O2+. The second-order valence-corrected chi connectivity index (χ2v) is 7.57. The van der Waals surface area contributed by atoms with Crippen LogP contribution in [0.3, 0.4) is 0 Å². The summed E-state index contributed by atoms with van der Waals surface area (Å²) in [5, 5.41) is 3.66. The fourth-order valence-electron chi connectivity index (χ4n) is 3.60. The first-order valence-electron chi connectivity index (χ1n) is 8.84. The molecule has 0 aliphatic carbocycles. The van der Waals surface area contributed by atoms with Gasteiger partial charge in [0.25, 0.3) is 0 Å². The molecule has 1 atom stereocenters. The van der Waals surface area contributed by atoms with E-state index in [1.807, 2.05) is 24.1 Å². The lowest BCUT2D eigenvalue weighted by Gasteiger charge is -2.33. The first-order valence-corrected chi connectivity index (χ1v) is 9.22. The van der Waals surface area contributed by atoms with Crippen molar-refractivity contribution in [1.82, 2.24) is 10.2 Å². The summed E-state index contributed by atoms with van der Waals surface area (Å²) in [6.45, 7) is 2.68. The van der Waals surface area contributed by atoms with E-state index >= 15 is 0 Å². The number of quaternary nitrogens is 1. The van der Waals surface area contributed by atoms with E-state index < -0.39 is 0 Å². The molecule has 2 saturated heterocycles. The minimum absolute atomic E-state index is 0.0261. The van der Waals surface area contributed by atoms with Crippen LogP contribution in [0.25, 0.3) is 0 Å². The van der Waals surface area contributed by atoms with Crippen LogP contribution in [0.2, 0.25) is 5.02 Å². The number of benzene rings is 1. The summed E-state index contributed by atoms with van der Waals surface area (Å²) < 4.78 is 0. The number of piperidine rings is 1. The normalized spacial score (nSPS) is 26.6. The lowest BCUT2D eigenvalue weighted by molar-refractivity contribution is -0.885. The van der Waals surface area contributed by atoms with E-state index in [0.717, 1.165) is 31.6 Å². The topological polar surface area (TPSA) is 57.1 Å². The van der Waals surface area contributed by atoms with E-state index in [1.54, 1.807) is 17.0 Å². The van der Waals surface area contributed by atoms with Crippen molar-refractivity contribution in [3.63, 3.8) is 0 Å². The first-order chi connectivity index (χ1) is 11.9. The maximum Gasteiger partial charge on any atom is 0.317 e. The lowest BCUT2D eigenvalue weighted by Crippen LogP contribution is -3.10. The van der Waals surface area contributed by atoms with Crippen LogP contribution < -0.4 is 15.1 Å². The van der Waals surface area contributed by atoms with Gasteiger partial charge in [0.05, 0.1) is 26.2 Å². The van der Waals surface area contributed by atoms with Gasteiger partial charge in [0, 0.05) is 49.6 Å². The number of hydrogen-bond acceptors (Lipinski definition) is 2. The molecule has 25 heavy (non-hydrogen) atoms. The van der Waals surface area contributed by atoms with Crippen LogP contribution in [-0.2, 0) is 4.79 Å². The average molecular weight is 366 g/mol. The zero-order valence-corrected chi connectivity index (χ0v) is 15.6. The Bertz CT molecular complexity index is 628. The van der Waals surface area contributed by atoms with Crippen molar-refractivity contribution in [2.45, 2.75) is 31.3 Å². The highest BCUT2D eigenvalue weighted by atomic mass is 35.5. The van der Waals surface area contributed by atoms with Crippen molar-refractivity contribution >= 4 is 29.2 Å². The summed E-state index contributed by atoms with van der Waals surface area (Å²) in [5.74, 6) is 0.0261. The Morgan fingerprint density at radius 3 is 2.56 bits per heavy atom. The number of amides is 3. The third-order valence-corrected chi connectivity index (χ3v) is 5.52. The number of carbonyl (C=O) groups is 2. The van der Waals surface area contributed by atoms with Gasteiger partial charge in [-0.05, 0) is 24.3 Å². The second kappa shape index (κ2) is 7.62. The highest BCUT2D eigenvalue weighted by Gasteiger charge is 2.33. The molecule has 7 heteroatoms. The number of hydrogen-bond donors (Lipinski definition) is 2. The van der Waals surface area contributed by atoms with Gasteiger partial charge in [-0.2, -0.15) is 0 Å². The second-order valence-electron chi connectivity index (χ2n) is 7.13. The van der Waals surface area contributed by atoms with Gasteiger partial charge >= 0.3 is 6.03 Å². The van der Waals surface area contributed by atoms with Crippen LogP contribution in [0, 0.1) is 0 Å². The predicted octanol–water partition coefficient (Wildman–Crippen LogP) is 0.764. The monoisotopic (exact) mass is 365 g/mol. The molecule has 6 nitrogen and oxygen atoms in total. The number of rotatable bonds is 3. The summed E-state index contributed by atoms with van der Waals surface area (Å²) in [6, 6.07) is 7.25. The van der Waals surface area contributed by atoms with Gasteiger partial charge in [0.2, 0.25) is 5.91 Å². The van der Waals surface area contributed by atoms with Gasteiger partial charge in [0.15, 0.2) is 0 Å².